The maximum atomic E-state index is 12.9. The highest BCUT2D eigenvalue weighted by atomic mass is 32.1. The molecule has 0 spiro atoms. The fourth-order valence-electron chi connectivity index (χ4n) is 2.04. The highest BCUT2D eigenvalue weighted by Crippen LogP contribution is 2.19. The van der Waals surface area contributed by atoms with Crippen molar-refractivity contribution in [1.29, 1.82) is 0 Å². The Labute approximate surface area is 131 Å². The van der Waals surface area contributed by atoms with E-state index in [0.717, 1.165) is 21.6 Å². The molecule has 3 rings (SSSR count). The molecule has 3 nitrogen and oxygen atoms in total. The first-order chi connectivity index (χ1) is 10.8. The third-order valence-electron chi connectivity index (χ3n) is 3.14. The van der Waals surface area contributed by atoms with E-state index in [1.165, 1.54) is 23.5 Å². The van der Waals surface area contributed by atoms with E-state index >= 15 is 0 Å². The summed E-state index contributed by atoms with van der Waals surface area (Å²) >= 11 is 1.53. The smallest absolute Gasteiger partial charge is 0.205 e. The van der Waals surface area contributed by atoms with E-state index in [2.05, 4.69) is 10.1 Å². The van der Waals surface area contributed by atoms with Gasteiger partial charge in [-0.1, -0.05) is 42.5 Å². The summed E-state index contributed by atoms with van der Waals surface area (Å²) in [5.74, 6) is -0.255. The molecule has 0 aliphatic heterocycles. The van der Waals surface area contributed by atoms with Crippen molar-refractivity contribution in [1.82, 2.24) is 4.68 Å². The van der Waals surface area contributed by atoms with Crippen molar-refractivity contribution in [3.63, 3.8) is 0 Å². The van der Waals surface area contributed by atoms with Crippen LogP contribution >= 0.6 is 11.3 Å². The number of hydrogen-bond acceptors (Lipinski definition) is 3. The summed E-state index contributed by atoms with van der Waals surface area (Å²) < 4.78 is 14.7. The maximum absolute atomic E-state index is 12.9. The van der Waals surface area contributed by atoms with E-state index < -0.39 is 0 Å². The van der Waals surface area contributed by atoms with Gasteiger partial charge in [0.15, 0.2) is 0 Å². The zero-order valence-electron chi connectivity index (χ0n) is 12.0. The molecule has 0 aliphatic carbocycles. The fraction of sp³-hybridized carbons (Fsp3) is 0.0588. The Morgan fingerprint density at radius 2 is 1.77 bits per heavy atom. The summed E-state index contributed by atoms with van der Waals surface area (Å²) in [7, 11) is 1.74. The van der Waals surface area contributed by atoms with Gasteiger partial charge in [-0.2, -0.15) is 5.10 Å². The number of rotatable bonds is 3. The summed E-state index contributed by atoms with van der Waals surface area (Å²) in [6.45, 7) is 0. The minimum atomic E-state index is -0.255. The first-order valence-corrected chi connectivity index (χ1v) is 7.64. The molecule has 3 aromatic rings. The molecule has 0 aliphatic rings. The molecular formula is C17H14FN3S. The van der Waals surface area contributed by atoms with Crippen LogP contribution in [0.5, 0.6) is 0 Å². The summed E-state index contributed by atoms with van der Waals surface area (Å²) in [5, 5.41) is 6.53. The lowest BCUT2D eigenvalue weighted by Gasteiger charge is -2.03. The number of aromatic nitrogens is 1. The van der Waals surface area contributed by atoms with Crippen LogP contribution in [0.2, 0.25) is 0 Å². The number of benzene rings is 2. The monoisotopic (exact) mass is 311 g/mol. The molecule has 0 amide bonds. The molecule has 0 radical (unpaired) electrons. The van der Waals surface area contributed by atoms with Crippen LogP contribution in [0, 0.1) is 5.82 Å². The first-order valence-electron chi connectivity index (χ1n) is 6.76. The van der Waals surface area contributed by atoms with Gasteiger partial charge in [0.25, 0.3) is 0 Å². The largest absolute Gasteiger partial charge is 0.261 e. The van der Waals surface area contributed by atoms with Crippen LogP contribution in [0.1, 0.15) is 5.56 Å². The molecular weight excluding hydrogens is 297 g/mol. The highest BCUT2D eigenvalue weighted by Gasteiger charge is 2.06. The van der Waals surface area contributed by atoms with E-state index in [4.69, 9.17) is 0 Å². The Kier molecular flexibility index (Phi) is 4.25. The predicted molar refractivity (Wildman–Crippen MR) is 88.6 cm³/mol. The first kappa shape index (κ1) is 14.4. The zero-order chi connectivity index (χ0) is 15.4. The summed E-state index contributed by atoms with van der Waals surface area (Å²) in [6.07, 6.45) is 1.70. The molecule has 0 atom stereocenters. The van der Waals surface area contributed by atoms with E-state index in [0.29, 0.717) is 0 Å². The number of hydrogen-bond donors (Lipinski definition) is 0. The average molecular weight is 311 g/mol. The van der Waals surface area contributed by atoms with E-state index in [-0.39, 0.29) is 5.82 Å². The second kappa shape index (κ2) is 6.49. The molecule has 2 aromatic carbocycles. The second-order valence-corrected chi connectivity index (χ2v) is 5.44. The lowest BCUT2D eigenvalue weighted by atomic mass is 10.2. The molecule has 1 aromatic heterocycles. The Balaban J connectivity index is 2.03. The molecule has 0 saturated carbocycles. The van der Waals surface area contributed by atoms with Crippen molar-refractivity contribution in [3.05, 3.63) is 76.2 Å². The van der Waals surface area contributed by atoms with Crippen LogP contribution in [-0.2, 0) is 0 Å². The third-order valence-corrected chi connectivity index (χ3v) is 4.05. The molecule has 0 bridgehead atoms. The highest BCUT2D eigenvalue weighted by molar-refractivity contribution is 7.07. The van der Waals surface area contributed by atoms with Gasteiger partial charge in [-0.15, -0.1) is 11.3 Å². The Morgan fingerprint density at radius 1 is 1.05 bits per heavy atom. The molecule has 1 heterocycles. The minimum absolute atomic E-state index is 0.255. The molecule has 22 heavy (non-hydrogen) atoms. The second-order valence-electron chi connectivity index (χ2n) is 4.60. The molecule has 5 heteroatoms. The van der Waals surface area contributed by atoms with Crippen molar-refractivity contribution in [2.45, 2.75) is 0 Å². The molecule has 110 valence electrons. The van der Waals surface area contributed by atoms with Crippen molar-refractivity contribution in [2.24, 2.45) is 10.1 Å². The van der Waals surface area contributed by atoms with E-state index in [1.54, 1.807) is 30.1 Å². The van der Waals surface area contributed by atoms with Crippen LogP contribution in [0.25, 0.3) is 11.3 Å². The molecule has 0 N–H and O–H groups in total. The molecule has 0 unspecified atom stereocenters. The zero-order valence-corrected chi connectivity index (χ0v) is 12.8. The predicted octanol–water partition coefficient (Wildman–Crippen LogP) is 3.77. The standard InChI is InChI=1S/C17H14FN3S/c1-19-17-21(20-11-13-7-9-15(18)10-8-13)16(12-22-17)14-5-3-2-4-6-14/h2-12H,1H3. The van der Waals surface area contributed by atoms with Gasteiger partial charge in [-0.05, 0) is 17.7 Å². The molecule has 0 saturated heterocycles. The average Bonchev–Trinajstić information content (AvgIpc) is 2.98. The van der Waals surface area contributed by atoms with Gasteiger partial charge in [-0.3, -0.25) is 4.99 Å². The van der Waals surface area contributed by atoms with E-state index in [9.17, 15) is 4.39 Å². The van der Waals surface area contributed by atoms with Gasteiger partial charge in [-0.25, -0.2) is 9.07 Å². The Bertz CT molecular complexity index is 846. The number of nitrogens with zero attached hydrogens (tertiary/aromatic N) is 3. The van der Waals surface area contributed by atoms with Crippen LogP contribution in [0.3, 0.4) is 0 Å². The van der Waals surface area contributed by atoms with Crippen molar-refractivity contribution in [2.75, 3.05) is 7.05 Å². The van der Waals surface area contributed by atoms with Gasteiger partial charge >= 0.3 is 0 Å². The summed E-state index contributed by atoms with van der Waals surface area (Å²) in [5.41, 5.74) is 2.88. The van der Waals surface area contributed by atoms with Crippen LogP contribution in [0.15, 0.2) is 70.1 Å². The van der Waals surface area contributed by atoms with Gasteiger partial charge < -0.3 is 0 Å². The number of thiazole rings is 1. The van der Waals surface area contributed by atoms with Crippen LogP contribution in [0.4, 0.5) is 4.39 Å². The fourth-order valence-corrected chi connectivity index (χ4v) is 2.85. The van der Waals surface area contributed by atoms with Gasteiger partial charge in [0.05, 0.1) is 11.9 Å². The Morgan fingerprint density at radius 3 is 2.45 bits per heavy atom. The van der Waals surface area contributed by atoms with Crippen LogP contribution < -0.4 is 4.80 Å². The normalized spacial score (nSPS) is 12.2. The SMILES string of the molecule is CN=c1scc(-c2ccccc2)n1N=Cc1ccc(F)cc1. The topological polar surface area (TPSA) is 29.6 Å². The van der Waals surface area contributed by atoms with Crippen molar-refractivity contribution >= 4 is 17.6 Å². The lowest BCUT2D eigenvalue weighted by Crippen LogP contribution is -2.11. The number of halogens is 1. The van der Waals surface area contributed by atoms with Crippen molar-refractivity contribution in [3.8, 4) is 11.3 Å². The van der Waals surface area contributed by atoms with Gasteiger partial charge in [0.2, 0.25) is 4.80 Å². The van der Waals surface area contributed by atoms with Crippen molar-refractivity contribution < 1.29 is 4.39 Å². The quantitative estimate of drug-likeness (QED) is 0.659. The maximum Gasteiger partial charge on any atom is 0.205 e. The van der Waals surface area contributed by atoms with E-state index in [1.807, 2.05) is 35.7 Å². The minimum Gasteiger partial charge on any atom is -0.261 e. The molecule has 0 fully saturated rings. The van der Waals surface area contributed by atoms with Gasteiger partial charge in [0.1, 0.15) is 5.82 Å². The Hall–Kier alpha value is -2.53. The summed E-state index contributed by atoms with van der Waals surface area (Å²) in [4.78, 5) is 5.05. The third kappa shape index (κ3) is 3.04. The summed E-state index contributed by atoms with van der Waals surface area (Å²) in [6, 6.07) is 16.2. The van der Waals surface area contributed by atoms with Gasteiger partial charge in [0, 0.05) is 18.0 Å². The lowest BCUT2D eigenvalue weighted by molar-refractivity contribution is 0.628. The van der Waals surface area contributed by atoms with Crippen LogP contribution in [-0.4, -0.2) is 17.9 Å².